The lowest BCUT2D eigenvalue weighted by molar-refractivity contribution is 0.0895. The Morgan fingerprint density at radius 1 is 1.33 bits per heavy atom. The third kappa shape index (κ3) is 6.08. The minimum atomic E-state index is -0.539. The van der Waals surface area contributed by atoms with Crippen LogP contribution in [0.4, 0.5) is 8.78 Å². The van der Waals surface area contributed by atoms with Crippen molar-refractivity contribution < 1.29 is 13.6 Å². The first kappa shape index (κ1) is 23.7. The van der Waals surface area contributed by atoms with Gasteiger partial charge in [-0.05, 0) is 31.5 Å². The molecule has 10 heteroatoms. The van der Waals surface area contributed by atoms with Crippen LogP contribution in [0.25, 0.3) is 0 Å². The van der Waals surface area contributed by atoms with E-state index in [1.807, 2.05) is 4.90 Å². The van der Waals surface area contributed by atoms with Crippen LogP contribution < -0.4 is 11.1 Å². The van der Waals surface area contributed by atoms with E-state index < -0.39 is 11.6 Å². The molecule has 3 N–H and O–H groups in total. The van der Waals surface area contributed by atoms with Crippen molar-refractivity contribution in [3.05, 3.63) is 51.5 Å². The van der Waals surface area contributed by atoms with Gasteiger partial charge >= 0.3 is 0 Å². The van der Waals surface area contributed by atoms with Gasteiger partial charge in [0.2, 0.25) is 0 Å². The van der Waals surface area contributed by atoms with Crippen LogP contribution >= 0.6 is 36.2 Å². The van der Waals surface area contributed by atoms with Crippen molar-refractivity contribution in [2.75, 3.05) is 13.1 Å². The maximum Gasteiger partial charge on any atom is 0.271 e. The van der Waals surface area contributed by atoms with Crippen LogP contribution in [0, 0.1) is 11.6 Å². The van der Waals surface area contributed by atoms with E-state index >= 15 is 0 Å². The van der Waals surface area contributed by atoms with Gasteiger partial charge in [0.15, 0.2) is 0 Å². The first-order chi connectivity index (χ1) is 12.1. The molecule has 1 saturated heterocycles. The summed E-state index contributed by atoms with van der Waals surface area (Å²) in [6.07, 6.45) is 1.68. The van der Waals surface area contributed by atoms with Crippen LogP contribution in [-0.4, -0.2) is 34.9 Å². The lowest BCUT2D eigenvalue weighted by Gasteiger charge is -2.33. The highest BCUT2D eigenvalue weighted by atomic mass is 35.5. The molecular weight excluding hydrogens is 417 g/mol. The van der Waals surface area contributed by atoms with Crippen LogP contribution in [0.15, 0.2) is 23.6 Å². The molecule has 2 aromatic rings. The Bertz CT molecular complexity index is 742. The highest BCUT2D eigenvalue weighted by molar-refractivity contribution is 7.09. The van der Waals surface area contributed by atoms with E-state index in [2.05, 4.69) is 10.3 Å². The summed E-state index contributed by atoms with van der Waals surface area (Å²) in [4.78, 5) is 18.4. The van der Waals surface area contributed by atoms with Gasteiger partial charge in [-0.1, -0.05) is 6.07 Å². The lowest BCUT2D eigenvalue weighted by atomic mass is 10.0. The van der Waals surface area contributed by atoms with E-state index in [0.29, 0.717) is 23.8 Å². The van der Waals surface area contributed by atoms with E-state index in [0.717, 1.165) is 19.4 Å². The number of piperidine rings is 1. The average molecular weight is 439 g/mol. The molecule has 150 valence electrons. The number of rotatable bonds is 5. The largest absolute Gasteiger partial charge is 0.347 e. The molecule has 5 nitrogen and oxygen atoms in total. The smallest absolute Gasteiger partial charge is 0.271 e. The topological polar surface area (TPSA) is 71.2 Å². The van der Waals surface area contributed by atoms with Crippen LogP contribution in [-0.2, 0) is 13.1 Å². The van der Waals surface area contributed by atoms with Gasteiger partial charge in [0.25, 0.3) is 5.91 Å². The minimum Gasteiger partial charge on any atom is -0.347 e. The molecule has 27 heavy (non-hydrogen) atoms. The van der Waals surface area contributed by atoms with E-state index in [9.17, 15) is 13.6 Å². The van der Waals surface area contributed by atoms with E-state index in [1.54, 1.807) is 5.38 Å². The van der Waals surface area contributed by atoms with Gasteiger partial charge in [-0.3, -0.25) is 9.69 Å². The van der Waals surface area contributed by atoms with Crippen LogP contribution in [0.3, 0.4) is 0 Å². The second-order valence-electron chi connectivity index (χ2n) is 6.08. The number of nitrogens with zero attached hydrogens (tertiary/aromatic N) is 2. The fourth-order valence-electron chi connectivity index (χ4n) is 2.99. The highest BCUT2D eigenvalue weighted by Crippen LogP contribution is 2.19. The van der Waals surface area contributed by atoms with Crippen molar-refractivity contribution in [1.29, 1.82) is 0 Å². The first-order valence-corrected chi connectivity index (χ1v) is 9.05. The van der Waals surface area contributed by atoms with E-state index in [1.165, 1.54) is 29.5 Å². The molecule has 0 spiro atoms. The second kappa shape index (κ2) is 10.9. The number of hydrogen-bond acceptors (Lipinski definition) is 5. The summed E-state index contributed by atoms with van der Waals surface area (Å²) < 4.78 is 27.6. The Morgan fingerprint density at radius 3 is 2.67 bits per heavy atom. The number of amides is 1. The summed E-state index contributed by atoms with van der Waals surface area (Å²) in [6, 6.07) is 3.81. The summed E-state index contributed by atoms with van der Waals surface area (Å²) >= 11 is 1.35. The standard InChI is InChI=1S/C17H20F2N4OS.2ClH/c18-13-4-1-5-14(19)12(13)9-23-6-2-3-11(8-23)21-17(24)15-10-25-16(7-20)22-15;;/h1,4-5,10-11H,2-3,6-9,20H2,(H,21,24);2*1H. The molecule has 0 aliphatic carbocycles. The van der Waals surface area contributed by atoms with Gasteiger partial charge in [-0.2, -0.15) is 0 Å². The molecule has 1 amide bonds. The maximum absolute atomic E-state index is 13.8. The number of thiazole rings is 1. The molecule has 1 fully saturated rings. The normalized spacial score (nSPS) is 16.9. The molecule has 2 heterocycles. The first-order valence-electron chi connectivity index (χ1n) is 8.17. The fourth-order valence-corrected chi connectivity index (χ4v) is 3.65. The van der Waals surface area contributed by atoms with Gasteiger partial charge in [-0.15, -0.1) is 36.2 Å². The molecule has 0 saturated carbocycles. The van der Waals surface area contributed by atoms with Crippen molar-refractivity contribution in [2.45, 2.75) is 32.0 Å². The Labute approximate surface area is 173 Å². The van der Waals surface area contributed by atoms with E-state index in [-0.39, 0.29) is 48.9 Å². The third-order valence-corrected chi connectivity index (χ3v) is 5.11. The molecule has 0 bridgehead atoms. The summed E-state index contributed by atoms with van der Waals surface area (Å²) in [5.41, 5.74) is 5.95. The van der Waals surface area contributed by atoms with Crippen LogP contribution in [0.1, 0.15) is 33.9 Å². The van der Waals surface area contributed by atoms with Gasteiger partial charge in [0.05, 0.1) is 0 Å². The fraction of sp³-hybridized carbons (Fsp3) is 0.412. The predicted octanol–water partition coefficient (Wildman–Crippen LogP) is 3.12. The molecule has 0 radical (unpaired) electrons. The monoisotopic (exact) mass is 438 g/mol. The second-order valence-corrected chi connectivity index (χ2v) is 7.02. The SMILES string of the molecule is Cl.Cl.NCc1nc(C(=O)NC2CCCN(Cc3c(F)cccc3F)C2)cs1. The number of likely N-dealkylation sites (tertiary alicyclic amines) is 1. The summed E-state index contributed by atoms with van der Waals surface area (Å²) in [5, 5.41) is 5.35. The third-order valence-electron chi connectivity index (χ3n) is 4.24. The zero-order valence-corrected chi connectivity index (χ0v) is 16.9. The molecule has 3 rings (SSSR count). The van der Waals surface area contributed by atoms with Crippen molar-refractivity contribution in [3.63, 3.8) is 0 Å². The summed E-state index contributed by atoms with van der Waals surface area (Å²) in [5.74, 6) is -1.31. The molecule has 1 unspecified atom stereocenters. The Kier molecular flexibility index (Phi) is 9.55. The summed E-state index contributed by atoms with van der Waals surface area (Å²) in [6.45, 7) is 1.80. The number of aromatic nitrogens is 1. The van der Waals surface area contributed by atoms with Crippen LogP contribution in [0.5, 0.6) is 0 Å². The number of carbonyl (C=O) groups excluding carboxylic acids is 1. The van der Waals surface area contributed by atoms with Gasteiger partial charge in [0.1, 0.15) is 22.3 Å². The molecular formula is C17H22Cl2F2N4OS. The van der Waals surface area contributed by atoms with Crippen LogP contribution in [0.2, 0.25) is 0 Å². The predicted molar refractivity (Wildman–Crippen MR) is 107 cm³/mol. The average Bonchev–Trinajstić information content (AvgIpc) is 3.08. The minimum absolute atomic E-state index is 0. The van der Waals surface area contributed by atoms with Crippen molar-refractivity contribution in [2.24, 2.45) is 5.73 Å². The van der Waals surface area contributed by atoms with Crippen molar-refractivity contribution in [1.82, 2.24) is 15.2 Å². The Balaban J connectivity index is 0.00000182. The number of carbonyl (C=O) groups is 1. The van der Waals surface area contributed by atoms with Gasteiger partial charge in [-0.25, -0.2) is 13.8 Å². The Hall–Kier alpha value is -1.32. The quantitative estimate of drug-likeness (QED) is 0.751. The molecule has 1 atom stereocenters. The number of nitrogens with two attached hydrogens (primary N) is 1. The number of hydrogen-bond donors (Lipinski definition) is 2. The molecule has 1 aromatic carbocycles. The van der Waals surface area contributed by atoms with Gasteiger partial charge in [0, 0.05) is 36.6 Å². The number of nitrogens with one attached hydrogen (secondary N) is 1. The molecule has 1 aliphatic rings. The molecule has 1 aliphatic heterocycles. The van der Waals surface area contributed by atoms with Crippen molar-refractivity contribution in [3.8, 4) is 0 Å². The number of benzene rings is 1. The van der Waals surface area contributed by atoms with Crippen molar-refractivity contribution >= 4 is 42.1 Å². The maximum atomic E-state index is 13.8. The summed E-state index contributed by atoms with van der Waals surface area (Å²) in [7, 11) is 0. The van der Waals surface area contributed by atoms with Gasteiger partial charge < -0.3 is 11.1 Å². The highest BCUT2D eigenvalue weighted by Gasteiger charge is 2.24. The van der Waals surface area contributed by atoms with E-state index in [4.69, 9.17) is 5.73 Å². The Morgan fingerprint density at radius 2 is 2.04 bits per heavy atom. The number of halogens is 4. The zero-order chi connectivity index (χ0) is 17.8. The zero-order valence-electron chi connectivity index (χ0n) is 14.5. The lowest BCUT2D eigenvalue weighted by Crippen LogP contribution is -2.47. The molecule has 1 aromatic heterocycles.